The number of aromatic hydroxyl groups is 2. The molecule has 1 spiro atoms. The summed E-state index contributed by atoms with van der Waals surface area (Å²) in [6.45, 7) is 0. The Hall–Kier alpha value is -2.34. The normalized spacial score (nSPS) is 20.8. The molecule has 2 heterocycles. The number of phenols is 2. The number of halogens is 3. The standard InChI is InChI=1S/C21H13Cl3O5/c22-8-9-1-2-11-10(3-9)20(27)29-21(11)12-4-14(23)16(25)6-18(12)28-19-7-17(26)15(24)5-13(19)21/h1-2,4-7,10,25-26H,3,8H2. The maximum Gasteiger partial charge on any atom is 0.315 e. The molecule has 1 fully saturated rings. The summed E-state index contributed by atoms with van der Waals surface area (Å²) in [6, 6.07) is 5.76. The van der Waals surface area contributed by atoms with Crippen molar-refractivity contribution in [2.75, 3.05) is 5.88 Å². The number of fused-ring (bicyclic) bond motifs is 6. The molecule has 0 aromatic heterocycles. The fourth-order valence-corrected chi connectivity index (χ4v) is 4.73. The Morgan fingerprint density at radius 1 is 1.00 bits per heavy atom. The third-order valence-corrected chi connectivity index (χ3v) is 6.48. The van der Waals surface area contributed by atoms with Crippen molar-refractivity contribution in [3.05, 3.63) is 68.7 Å². The van der Waals surface area contributed by atoms with E-state index in [0.29, 0.717) is 29.0 Å². The van der Waals surface area contributed by atoms with Crippen LogP contribution in [0.15, 0.2) is 47.6 Å². The average molecular weight is 452 g/mol. The number of esters is 1. The van der Waals surface area contributed by atoms with Gasteiger partial charge < -0.3 is 19.7 Å². The molecule has 148 valence electrons. The number of rotatable bonds is 1. The summed E-state index contributed by atoms with van der Waals surface area (Å²) >= 11 is 18.3. The zero-order chi connectivity index (χ0) is 20.5. The van der Waals surface area contributed by atoms with Gasteiger partial charge in [-0.25, -0.2) is 0 Å². The first-order chi connectivity index (χ1) is 13.8. The Morgan fingerprint density at radius 2 is 1.59 bits per heavy atom. The largest absolute Gasteiger partial charge is 0.506 e. The lowest BCUT2D eigenvalue weighted by Gasteiger charge is -2.38. The SMILES string of the molecule is O=C1OC2(C3=CC=C(CCl)CC13)c1cc(Cl)c(O)cc1Oc1cc(O)c(Cl)cc12. The number of carbonyl (C=O) groups is 1. The molecule has 5 rings (SSSR count). The van der Waals surface area contributed by atoms with E-state index in [4.69, 9.17) is 44.3 Å². The molecule has 2 aliphatic heterocycles. The molecule has 1 aliphatic carbocycles. The highest BCUT2D eigenvalue weighted by molar-refractivity contribution is 6.32. The third-order valence-electron chi connectivity index (χ3n) is 5.53. The number of benzene rings is 2. The van der Waals surface area contributed by atoms with Crippen molar-refractivity contribution in [3.63, 3.8) is 0 Å². The van der Waals surface area contributed by atoms with Crippen LogP contribution in [-0.4, -0.2) is 22.1 Å². The summed E-state index contributed by atoms with van der Waals surface area (Å²) in [4.78, 5) is 12.9. The van der Waals surface area contributed by atoms with E-state index in [1.165, 1.54) is 24.3 Å². The number of alkyl halides is 1. The van der Waals surface area contributed by atoms with E-state index in [0.717, 1.165) is 5.57 Å². The van der Waals surface area contributed by atoms with Crippen LogP contribution in [0.25, 0.3) is 0 Å². The molecule has 5 nitrogen and oxygen atoms in total. The molecule has 3 aliphatic rings. The average Bonchev–Trinajstić information content (AvgIpc) is 2.98. The summed E-state index contributed by atoms with van der Waals surface area (Å²) < 4.78 is 11.9. The summed E-state index contributed by atoms with van der Waals surface area (Å²) in [7, 11) is 0. The van der Waals surface area contributed by atoms with Gasteiger partial charge in [-0.3, -0.25) is 4.79 Å². The second kappa shape index (κ2) is 6.33. The van der Waals surface area contributed by atoms with Crippen LogP contribution in [0.4, 0.5) is 0 Å². The van der Waals surface area contributed by atoms with E-state index in [2.05, 4.69) is 0 Å². The van der Waals surface area contributed by atoms with Crippen LogP contribution in [-0.2, 0) is 15.1 Å². The van der Waals surface area contributed by atoms with Crippen LogP contribution in [0.3, 0.4) is 0 Å². The molecule has 0 saturated carbocycles. The second-order valence-corrected chi connectivity index (χ2v) is 8.22. The van der Waals surface area contributed by atoms with Gasteiger partial charge in [0.25, 0.3) is 0 Å². The molecule has 1 saturated heterocycles. The molecule has 2 N–H and O–H groups in total. The maximum atomic E-state index is 12.9. The molecule has 29 heavy (non-hydrogen) atoms. The van der Waals surface area contributed by atoms with Crippen molar-refractivity contribution >= 4 is 40.8 Å². The number of ether oxygens (including phenoxy) is 2. The lowest BCUT2D eigenvalue weighted by atomic mass is 9.72. The summed E-state index contributed by atoms with van der Waals surface area (Å²) in [5.41, 5.74) is 1.23. The number of allylic oxidation sites excluding steroid dienone is 3. The van der Waals surface area contributed by atoms with E-state index in [1.54, 1.807) is 0 Å². The van der Waals surface area contributed by atoms with Crippen molar-refractivity contribution in [3.8, 4) is 23.0 Å². The minimum absolute atomic E-state index is 0.0907. The first-order valence-corrected chi connectivity index (χ1v) is 10.1. The molecule has 1 unspecified atom stereocenters. The molecule has 0 amide bonds. The van der Waals surface area contributed by atoms with Gasteiger partial charge >= 0.3 is 5.97 Å². The van der Waals surface area contributed by atoms with Crippen LogP contribution in [0.2, 0.25) is 10.0 Å². The van der Waals surface area contributed by atoms with Gasteiger partial charge in [0.05, 0.1) is 16.0 Å². The van der Waals surface area contributed by atoms with Crippen molar-refractivity contribution in [1.82, 2.24) is 0 Å². The third kappa shape index (κ3) is 2.51. The first-order valence-electron chi connectivity index (χ1n) is 8.78. The quantitative estimate of drug-likeness (QED) is 0.447. The number of hydrogen-bond donors (Lipinski definition) is 2. The van der Waals surface area contributed by atoms with Crippen LogP contribution in [0.1, 0.15) is 17.5 Å². The molecule has 2 aromatic carbocycles. The summed E-state index contributed by atoms with van der Waals surface area (Å²) in [6.07, 6.45) is 4.15. The number of carbonyl (C=O) groups excluding carboxylic acids is 1. The lowest BCUT2D eigenvalue weighted by molar-refractivity contribution is -0.148. The zero-order valence-electron chi connectivity index (χ0n) is 14.7. The van der Waals surface area contributed by atoms with E-state index in [-0.39, 0.29) is 33.0 Å². The van der Waals surface area contributed by atoms with Gasteiger partial charge in [-0.2, -0.15) is 0 Å². The molecule has 2 aromatic rings. The highest BCUT2D eigenvalue weighted by Gasteiger charge is 2.58. The Bertz CT molecular complexity index is 1090. The Labute approximate surface area is 180 Å². The highest BCUT2D eigenvalue weighted by atomic mass is 35.5. The molecule has 0 bridgehead atoms. The van der Waals surface area contributed by atoms with Crippen LogP contribution >= 0.6 is 34.8 Å². The minimum Gasteiger partial charge on any atom is -0.506 e. The van der Waals surface area contributed by atoms with Crippen molar-refractivity contribution in [2.24, 2.45) is 5.92 Å². The van der Waals surface area contributed by atoms with E-state index in [1.807, 2.05) is 12.2 Å². The molecule has 1 atom stereocenters. The van der Waals surface area contributed by atoms with E-state index in [9.17, 15) is 15.0 Å². The Morgan fingerprint density at radius 3 is 2.14 bits per heavy atom. The van der Waals surface area contributed by atoms with Crippen LogP contribution in [0, 0.1) is 5.92 Å². The van der Waals surface area contributed by atoms with Gasteiger partial charge in [-0.1, -0.05) is 40.9 Å². The van der Waals surface area contributed by atoms with Gasteiger partial charge in [0, 0.05) is 29.1 Å². The fraction of sp³-hybridized carbons (Fsp3) is 0.190. The van der Waals surface area contributed by atoms with Gasteiger partial charge in [-0.15, -0.1) is 11.6 Å². The zero-order valence-corrected chi connectivity index (χ0v) is 17.0. The van der Waals surface area contributed by atoms with Crippen LogP contribution < -0.4 is 4.74 Å². The Kier molecular flexibility index (Phi) is 4.07. The maximum absolute atomic E-state index is 12.9. The van der Waals surface area contributed by atoms with Gasteiger partial charge in [0.1, 0.15) is 23.0 Å². The van der Waals surface area contributed by atoms with Crippen molar-refractivity contribution in [2.45, 2.75) is 12.0 Å². The smallest absolute Gasteiger partial charge is 0.315 e. The lowest BCUT2D eigenvalue weighted by Crippen LogP contribution is -2.33. The fourth-order valence-electron chi connectivity index (χ4n) is 4.21. The summed E-state index contributed by atoms with van der Waals surface area (Å²) in [5, 5.41) is 20.3. The molecular weight excluding hydrogens is 439 g/mol. The summed E-state index contributed by atoms with van der Waals surface area (Å²) in [5.74, 6) is -0.428. The van der Waals surface area contributed by atoms with Gasteiger partial charge in [0.2, 0.25) is 0 Å². The van der Waals surface area contributed by atoms with Crippen molar-refractivity contribution < 1.29 is 24.5 Å². The predicted molar refractivity (Wildman–Crippen MR) is 108 cm³/mol. The topological polar surface area (TPSA) is 76.0 Å². The number of hydrogen-bond acceptors (Lipinski definition) is 5. The first kappa shape index (κ1) is 18.7. The Balaban J connectivity index is 1.86. The molecular formula is C21H13Cl3O5. The predicted octanol–water partition coefficient (Wildman–Crippen LogP) is 5.42. The van der Waals surface area contributed by atoms with Gasteiger partial charge in [-0.05, 0) is 24.1 Å². The van der Waals surface area contributed by atoms with E-state index >= 15 is 0 Å². The monoisotopic (exact) mass is 450 g/mol. The molecule has 0 radical (unpaired) electrons. The second-order valence-electron chi connectivity index (χ2n) is 7.14. The van der Waals surface area contributed by atoms with E-state index < -0.39 is 17.5 Å². The highest BCUT2D eigenvalue weighted by Crippen LogP contribution is 2.61. The van der Waals surface area contributed by atoms with Crippen molar-refractivity contribution in [1.29, 1.82) is 0 Å². The van der Waals surface area contributed by atoms with Crippen LogP contribution in [0.5, 0.6) is 23.0 Å². The van der Waals surface area contributed by atoms with Gasteiger partial charge in [0.15, 0.2) is 5.60 Å². The molecule has 8 heteroatoms. The number of phenolic OH excluding ortho intramolecular Hbond substituents is 2. The minimum atomic E-state index is -1.34.